The van der Waals surface area contributed by atoms with E-state index in [0.717, 1.165) is 33.5 Å². The van der Waals surface area contributed by atoms with E-state index in [1.54, 1.807) is 19.2 Å². The smallest absolute Gasteiger partial charge is 0.255 e. The number of benzene rings is 2. The summed E-state index contributed by atoms with van der Waals surface area (Å²) in [7, 11) is 1.64. The highest BCUT2D eigenvalue weighted by molar-refractivity contribution is 6.07. The molecule has 1 fully saturated rings. The third-order valence-corrected chi connectivity index (χ3v) is 6.41. The zero-order valence-electron chi connectivity index (χ0n) is 19.4. The molecular formula is C26H27N5O3. The monoisotopic (exact) mass is 457 g/mol. The van der Waals surface area contributed by atoms with Gasteiger partial charge in [0.05, 0.1) is 35.5 Å². The minimum atomic E-state index is -0.134. The number of carbonyl (C=O) groups is 1. The van der Waals surface area contributed by atoms with Crippen LogP contribution in [0.3, 0.4) is 0 Å². The zero-order chi connectivity index (χ0) is 23.8. The summed E-state index contributed by atoms with van der Waals surface area (Å²) in [6.45, 7) is 5.74. The number of pyridine rings is 1. The second-order valence-corrected chi connectivity index (χ2v) is 8.58. The summed E-state index contributed by atoms with van der Waals surface area (Å²) in [5.41, 5.74) is 5.26. The second kappa shape index (κ2) is 8.79. The highest BCUT2D eigenvalue weighted by atomic mass is 16.5. The lowest BCUT2D eigenvalue weighted by molar-refractivity contribution is 0.0636. The minimum Gasteiger partial charge on any atom is -0.508 e. The molecule has 1 aliphatic heterocycles. The number of methoxy groups -OCH3 is 1. The van der Waals surface area contributed by atoms with Crippen molar-refractivity contribution in [3.8, 4) is 22.8 Å². The number of aryl methyl sites for hydroxylation is 2. The molecule has 1 amide bonds. The Bertz CT molecular complexity index is 1380. The average Bonchev–Trinajstić information content (AvgIpc) is 3.23. The van der Waals surface area contributed by atoms with Gasteiger partial charge in [0.1, 0.15) is 11.5 Å². The van der Waals surface area contributed by atoms with Gasteiger partial charge in [-0.2, -0.15) is 5.10 Å². The van der Waals surface area contributed by atoms with Gasteiger partial charge in [-0.1, -0.05) is 12.1 Å². The van der Waals surface area contributed by atoms with Crippen LogP contribution < -0.4 is 10.1 Å². The van der Waals surface area contributed by atoms with Crippen molar-refractivity contribution in [1.82, 2.24) is 25.4 Å². The van der Waals surface area contributed by atoms with Crippen molar-refractivity contribution in [1.29, 1.82) is 0 Å². The van der Waals surface area contributed by atoms with Gasteiger partial charge in [0.25, 0.3) is 5.91 Å². The van der Waals surface area contributed by atoms with Crippen molar-refractivity contribution in [2.45, 2.75) is 19.9 Å². The molecule has 0 radical (unpaired) electrons. The third kappa shape index (κ3) is 3.86. The Hall–Kier alpha value is -3.91. The second-order valence-electron chi connectivity index (χ2n) is 8.58. The lowest BCUT2D eigenvalue weighted by Crippen LogP contribution is -2.48. The molecule has 2 aromatic carbocycles. The molecular weight excluding hydrogens is 430 g/mol. The Balaban J connectivity index is 1.62. The number of amides is 1. The summed E-state index contributed by atoms with van der Waals surface area (Å²) in [6.07, 6.45) is 0. The van der Waals surface area contributed by atoms with Crippen LogP contribution in [0.1, 0.15) is 33.2 Å². The summed E-state index contributed by atoms with van der Waals surface area (Å²) < 4.78 is 5.41. The lowest BCUT2D eigenvalue weighted by Gasteiger charge is -2.37. The van der Waals surface area contributed by atoms with Crippen LogP contribution in [-0.2, 0) is 0 Å². The van der Waals surface area contributed by atoms with Crippen molar-refractivity contribution in [3.63, 3.8) is 0 Å². The Morgan fingerprint density at radius 3 is 2.82 bits per heavy atom. The van der Waals surface area contributed by atoms with Crippen LogP contribution in [0.4, 0.5) is 0 Å². The van der Waals surface area contributed by atoms with Crippen molar-refractivity contribution < 1.29 is 14.6 Å². The Kier molecular flexibility index (Phi) is 5.67. The van der Waals surface area contributed by atoms with E-state index in [0.29, 0.717) is 36.5 Å². The molecule has 1 aliphatic rings. The predicted molar refractivity (Wildman–Crippen MR) is 130 cm³/mol. The summed E-state index contributed by atoms with van der Waals surface area (Å²) in [4.78, 5) is 20.7. The average molecular weight is 458 g/mol. The normalized spacial score (nSPS) is 16.1. The largest absolute Gasteiger partial charge is 0.508 e. The van der Waals surface area contributed by atoms with Crippen LogP contribution in [0.2, 0.25) is 0 Å². The van der Waals surface area contributed by atoms with Gasteiger partial charge < -0.3 is 20.1 Å². The Labute approximate surface area is 197 Å². The lowest BCUT2D eigenvalue weighted by atomic mass is 9.98. The van der Waals surface area contributed by atoms with E-state index >= 15 is 0 Å². The number of phenolic OH excluding ortho intramolecular Hbond substituents is 1. The molecule has 8 nitrogen and oxygen atoms in total. The number of fused-ring (bicyclic) bond motifs is 1. The van der Waals surface area contributed by atoms with E-state index in [9.17, 15) is 9.90 Å². The molecule has 4 aromatic rings. The number of ether oxygens (including phenoxy) is 1. The SMILES string of the molecule is COc1cccc(C2CNCCN2C(=O)c2cc(-c3ccc(O)cc3C)nc3[nH]nc(C)c23)c1. The minimum absolute atomic E-state index is 0.0658. The molecule has 8 heteroatoms. The maximum atomic E-state index is 14.1. The quantitative estimate of drug-likeness (QED) is 0.431. The maximum Gasteiger partial charge on any atom is 0.255 e. The van der Waals surface area contributed by atoms with Crippen molar-refractivity contribution in [3.05, 3.63) is 70.9 Å². The fourth-order valence-corrected chi connectivity index (χ4v) is 4.68. The number of aromatic amines is 1. The number of rotatable bonds is 4. The van der Waals surface area contributed by atoms with Crippen molar-refractivity contribution in [2.24, 2.45) is 0 Å². The van der Waals surface area contributed by atoms with Crippen LogP contribution in [0.25, 0.3) is 22.3 Å². The molecule has 0 aliphatic carbocycles. The van der Waals surface area contributed by atoms with Gasteiger partial charge in [-0.05, 0) is 61.4 Å². The molecule has 0 bridgehead atoms. The first-order chi connectivity index (χ1) is 16.5. The fraction of sp³-hybridized carbons (Fsp3) is 0.269. The van der Waals surface area contributed by atoms with E-state index in [1.807, 2.05) is 55.1 Å². The fourth-order valence-electron chi connectivity index (χ4n) is 4.68. The summed E-state index contributed by atoms with van der Waals surface area (Å²) in [5, 5.41) is 21.3. The van der Waals surface area contributed by atoms with Gasteiger partial charge in [0.15, 0.2) is 5.65 Å². The van der Waals surface area contributed by atoms with E-state index in [4.69, 9.17) is 9.72 Å². The molecule has 0 saturated carbocycles. The number of aromatic nitrogens is 3. The van der Waals surface area contributed by atoms with Gasteiger partial charge in [-0.15, -0.1) is 0 Å². The number of nitrogens with one attached hydrogen (secondary N) is 2. The Morgan fingerprint density at radius 1 is 1.18 bits per heavy atom. The molecule has 3 heterocycles. The van der Waals surface area contributed by atoms with Crippen LogP contribution in [0.15, 0.2) is 48.5 Å². The van der Waals surface area contributed by atoms with Crippen molar-refractivity contribution in [2.75, 3.05) is 26.7 Å². The number of hydrogen-bond donors (Lipinski definition) is 3. The number of H-pyrrole nitrogens is 1. The number of carbonyl (C=O) groups excluding carboxylic acids is 1. The summed E-state index contributed by atoms with van der Waals surface area (Å²) in [6, 6.07) is 14.7. The summed E-state index contributed by atoms with van der Waals surface area (Å²) in [5.74, 6) is 0.888. The number of nitrogens with zero attached hydrogens (tertiary/aromatic N) is 3. The van der Waals surface area contributed by atoms with Crippen molar-refractivity contribution >= 4 is 16.9 Å². The topological polar surface area (TPSA) is 103 Å². The van der Waals surface area contributed by atoms with E-state index in [1.165, 1.54) is 0 Å². The molecule has 0 spiro atoms. The molecule has 174 valence electrons. The van der Waals surface area contributed by atoms with Gasteiger partial charge >= 0.3 is 0 Å². The number of piperazine rings is 1. The van der Waals surface area contributed by atoms with Gasteiger partial charge in [0.2, 0.25) is 0 Å². The highest BCUT2D eigenvalue weighted by Gasteiger charge is 2.31. The third-order valence-electron chi connectivity index (χ3n) is 6.41. The molecule has 2 aromatic heterocycles. The highest BCUT2D eigenvalue weighted by Crippen LogP contribution is 2.32. The molecule has 3 N–H and O–H groups in total. The number of hydrogen-bond acceptors (Lipinski definition) is 6. The summed E-state index contributed by atoms with van der Waals surface area (Å²) >= 11 is 0. The van der Waals surface area contributed by atoms with Crippen LogP contribution >= 0.6 is 0 Å². The molecule has 5 rings (SSSR count). The number of phenols is 1. The zero-order valence-corrected chi connectivity index (χ0v) is 19.4. The van der Waals surface area contributed by atoms with E-state index in [-0.39, 0.29) is 17.7 Å². The number of aromatic hydroxyl groups is 1. The van der Waals surface area contributed by atoms with E-state index in [2.05, 4.69) is 15.5 Å². The Morgan fingerprint density at radius 2 is 2.03 bits per heavy atom. The first-order valence-electron chi connectivity index (χ1n) is 11.3. The first-order valence-corrected chi connectivity index (χ1v) is 11.3. The first kappa shape index (κ1) is 21.9. The van der Waals surface area contributed by atoms with Gasteiger partial charge in [-0.3, -0.25) is 9.89 Å². The van der Waals surface area contributed by atoms with Crippen LogP contribution in [0.5, 0.6) is 11.5 Å². The van der Waals surface area contributed by atoms with Crippen LogP contribution in [0, 0.1) is 13.8 Å². The van der Waals surface area contributed by atoms with E-state index < -0.39 is 0 Å². The molecule has 1 saturated heterocycles. The van der Waals surface area contributed by atoms with Gasteiger partial charge in [-0.25, -0.2) is 4.98 Å². The van der Waals surface area contributed by atoms with Crippen LogP contribution in [-0.4, -0.2) is 57.8 Å². The molecule has 1 atom stereocenters. The molecule has 1 unspecified atom stereocenters. The van der Waals surface area contributed by atoms with Gasteiger partial charge in [0, 0.05) is 25.2 Å². The predicted octanol–water partition coefficient (Wildman–Crippen LogP) is 3.74. The maximum absolute atomic E-state index is 14.1. The molecule has 34 heavy (non-hydrogen) atoms. The standard InChI is InChI=1S/C26H27N5O3/c1-15-11-18(32)7-8-20(15)22-13-21(24-16(2)29-30-25(24)28-22)26(33)31-10-9-27-14-23(31)17-5-4-6-19(12-17)34-3/h4-8,11-13,23,27,32H,9-10,14H2,1-3H3,(H,28,29,30).